The first-order valence-electron chi connectivity index (χ1n) is 9.65. The molecule has 3 heterocycles. The summed E-state index contributed by atoms with van der Waals surface area (Å²) in [5, 5.41) is 3.48. The Labute approximate surface area is 162 Å². The smallest absolute Gasteiger partial charge is 0.136 e. The van der Waals surface area contributed by atoms with Crippen LogP contribution in [0.15, 0.2) is 24.3 Å². The van der Waals surface area contributed by atoms with Crippen molar-refractivity contribution in [3.8, 4) is 0 Å². The first kappa shape index (κ1) is 19.5. The van der Waals surface area contributed by atoms with Crippen LogP contribution >= 0.6 is 0 Å². The lowest BCUT2D eigenvalue weighted by Gasteiger charge is -2.23. The second-order valence-corrected chi connectivity index (χ2v) is 8.37. The lowest BCUT2D eigenvalue weighted by molar-refractivity contribution is 0.181. The largest absolute Gasteiger partial charge is 0.378 e. The maximum absolute atomic E-state index is 5.31. The molecule has 1 unspecified atom stereocenters. The molecule has 1 N–H and O–H groups in total. The van der Waals surface area contributed by atoms with E-state index in [1.54, 1.807) is 7.11 Å². The van der Waals surface area contributed by atoms with Crippen LogP contribution in [-0.4, -0.2) is 41.7 Å². The van der Waals surface area contributed by atoms with Crippen molar-refractivity contribution in [2.24, 2.45) is 5.92 Å². The van der Waals surface area contributed by atoms with E-state index in [0.29, 0.717) is 12.5 Å². The van der Waals surface area contributed by atoms with Crippen molar-refractivity contribution >= 4 is 11.6 Å². The van der Waals surface area contributed by atoms with Gasteiger partial charge in [-0.3, -0.25) is 0 Å². The van der Waals surface area contributed by atoms with Gasteiger partial charge in [-0.15, -0.1) is 0 Å². The molecule has 2 aromatic heterocycles. The van der Waals surface area contributed by atoms with Gasteiger partial charge in [0, 0.05) is 43.9 Å². The van der Waals surface area contributed by atoms with Crippen LogP contribution in [0.5, 0.6) is 0 Å². The Kier molecular flexibility index (Phi) is 5.95. The standard InChI is InChI=1S/C21H31N5O/c1-15-7-6-8-18(23-15)22-12-16-9-10-26(13-16)19-11-17(14-27-5)24-20(25-19)21(2,3)4/h6-8,11,16H,9-10,12-14H2,1-5H3,(H,22,23). The van der Waals surface area contributed by atoms with Gasteiger partial charge in [0.1, 0.15) is 17.5 Å². The van der Waals surface area contributed by atoms with Crippen LogP contribution in [0.4, 0.5) is 11.6 Å². The molecule has 1 atom stereocenters. The molecule has 0 spiro atoms. The van der Waals surface area contributed by atoms with Gasteiger partial charge in [-0.1, -0.05) is 26.8 Å². The topological polar surface area (TPSA) is 63.2 Å². The summed E-state index contributed by atoms with van der Waals surface area (Å²) in [6, 6.07) is 8.15. The van der Waals surface area contributed by atoms with Crippen molar-refractivity contribution in [3.05, 3.63) is 41.5 Å². The fourth-order valence-corrected chi connectivity index (χ4v) is 3.30. The zero-order valence-electron chi connectivity index (χ0n) is 17.1. The number of pyridine rings is 1. The number of nitrogens with one attached hydrogen (secondary N) is 1. The van der Waals surface area contributed by atoms with Gasteiger partial charge < -0.3 is 15.0 Å². The third-order valence-corrected chi connectivity index (χ3v) is 4.80. The lowest BCUT2D eigenvalue weighted by Crippen LogP contribution is -2.26. The van der Waals surface area contributed by atoms with E-state index in [9.17, 15) is 0 Å². The molecule has 6 nitrogen and oxygen atoms in total. The average Bonchev–Trinajstić information content (AvgIpc) is 3.08. The van der Waals surface area contributed by atoms with E-state index in [1.165, 1.54) is 0 Å². The molecule has 0 amide bonds. The first-order chi connectivity index (χ1) is 12.8. The van der Waals surface area contributed by atoms with Crippen LogP contribution < -0.4 is 10.2 Å². The number of rotatable bonds is 6. The number of aromatic nitrogens is 3. The molecule has 146 valence electrons. The number of ether oxygens (including phenoxy) is 1. The molecule has 3 rings (SSSR count). The Morgan fingerprint density at radius 2 is 2.04 bits per heavy atom. The lowest BCUT2D eigenvalue weighted by atomic mass is 9.95. The molecule has 6 heteroatoms. The SMILES string of the molecule is COCc1cc(N2CCC(CNc3cccc(C)n3)C2)nc(C(C)(C)C)n1. The highest BCUT2D eigenvalue weighted by molar-refractivity contribution is 5.42. The second kappa shape index (κ2) is 8.21. The van der Waals surface area contributed by atoms with Crippen LogP contribution in [0, 0.1) is 12.8 Å². The van der Waals surface area contributed by atoms with Crippen LogP contribution in [0.1, 0.15) is 44.4 Å². The van der Waals surface area contributed by atoms with Crippen molar-refractivity contribution in [1.82, 2.24) is 15.0 Å². The minimum Gasteiger partial charge on any atom is -0.378 e. The molecule has 0 radical (unpaired) electrons. The molecule has 0 aliphatic carbocycles. The van der Waals surface area contributed by atoms with Crippen molar-refractivity contribution < 1.29 is 4.74 Å². The minimum atomic E-state index is -0.0873. The Morgan fingerprint density at radius 3 is 2.74 bits per heavy atom. The van der Waals surface area contributed by atoms with Gasteiger partial charge >= 0.3 is 0 Å². The number of anilines is 2. The quantitative estimate of drug-likeness (QED) is 0.840. The van der Waals surface area contributed by atoms with Gasteiger partial charge in [0.15, 0.2) is 0 Å². The average molecular weight is 370 g/mol. The van der Waals surface area contributed by atoms with Crippen molar-refractivity contribution in [3.63, 3.8) is 0 Å². The van der Waals surface area contributed by atoms with E-state index in [2.05, 4.69) is 47.0 Å². The van der Waals surface area contributed by atoms with E-state index >= 15 is 0 Å². The molecule has 0 aromatic carbocycles. The van der Waals surface area contributed by atoms with Crippen LogP contribution in [0.25, 0.3) is 0 Å². The molecule has 0 saturated carbocycles. The second-order valence-electron chi connectivity index (χ2n) is 8.37. The number of hydrogen-bond acceptors (Lipinski definition) is 6. The Hall–Kier alpha value is -2.21. The van der Waals surface area contributed by atoms with Crippen molar-refractivity contribution in [2.45, 2.75) is 46.1 Å². The zero-order chi connectivity index (χ0) is 19.4. The third kappa shape index (κ3) is 5.16. The number of aryl methyl sites for hydroxylation is 1. The highest BCUT2D eigenvalue weighted by atomic mass is 16.5. The number of methoxy groups -OCH3 is 1. The van der Waals surface area contributed by atoms with Crippen molar-refractivity contribution in [1.29, 1.82) is 0 Å². The fraction of sp³-hybridized carbons (Fsp3) is 0.571. The highest BCUT2D eigenvalue weighted by Crippen LogP contribution is 2.26. The molecule has 1 saturated heterocycles. The van der Waals surface area contributed by atoms with Crippen LogP contribution in [0.3, 0.4) is 0 Å². The van der Waals surface area contributed by atoms with Crippen LogP contribution in [-0.2, 0) is 16.8 Å². The number of hydrogen-bond donors (Lipinski definition) is 1. The Bertz CT molecular complexity index is 771. The first-order valence-corrected chi connectivity index (χ1v) is 9.65. The fourth-order valence-electron chi connectivity index (χ4n) is 3.30. The molecule has 0 bridgehead atoms. The summed E-state index contributed by atoms with van der Waals surface area (Å²) >= 11 is 0. The summed E-state index contributed by atoms with van der Waals surface area (Å²) < 4.78 is 5.31. The normalized spacial score (nSPS) is 17.4. The summed E-state index contributed by atoms with van der Waals surface area (Å²) in [5.41, 5.74) is 1.89. The Balaban J connectivity index is 1.67. The summed E-state index contributed by atoms with van der Waals surface area (Å²) in [6.45, 7) is 11.9. The predicted molar refractivity (Wildman–Crippen MR) is 109 cm³/mol. The van der Waals surface area contributed by atoms with Gasteiger partial charge in [0.25, 0.3) is 0 Å². The third-order valence-electron chi connectivity index (χ3n) is 4.80. The minimum absolute atomic E-state index is 0.0873. The van der Waals surface area contributed by atoms with Gasteiger partial charge in [-0.2, -0.15) is 0 Å². The van der Waals surface area contributed by atoms with E-state index in [0.717, 1.165) is 54.9 Å². The molecule has 27 heavy (non-hydrogen) atoms. The maximum atomic E-state index is 5.31. The zero-order valence-corrected chi connectivity index (χ0v) is 17.1. The van der Waals surface area contributed by atoms with Gasteiger partial charge in [-0.25, -0.2) is 15.0 Å². The number of nitrogens with zero attached hydrogens (tertiary/aromatic N) is 4. The molecule has 1 aliphatic heterocycles. The molecule has 2 aromatic rings. The maximum Gasteiger partial charge on any atom is 0.136 e. The molecular formula is C21H31N5O. The van der Waals surface area contributed by atoms with Crippen molar-refractivity contribution in [2.75, 3.05) is 37.0 Å². The van der Waals surface area contributed by atoms with E-state index < -0.39 is 0 Å². The van der Waals surface area contributed by atoms with Crippen LogP contribution in [0.2, 0.25) is 0 Å². The van der Waals surface area contributed by atoms with E-state index in [1.807, 2.05) is 25.1 Å². The highest BCUT2D eigenvalue weighted by Gasteiger charge is 2.26. The summed E-state index contributed by atoms with van der Waals surface area (Å²) in [7, 11) is 1.70. The van der Waals surface area contributed by atoms with Gasteiger partial charge in [-0.05, 0) is 31.4 Å². The van der Waals surface area contributed by atoms with E-state index in [-0.39, 0.29) is 5.41 Å². The van der Waals surface area contributed by atoms with Gasteiger partial charge in [0.2, 0.25) is 0 Å². The van der Waals surface area contributed by atoms with Gasteiger partial charge in [0.05, 0.1) is 12.3 Å². The summed E-state index contributed by atoms with van der Waals surface area (Å²) in [6.07, 6.45) is 1.15. The summed E-state index contributed by atoms with van der Waals surface area (Å²) in [4.78, 5) is 16.4. The monoisotopic (exact) mass is 369 g/mol. The molecule has 1 fully saturated rings. The molecule has 1 aliphatic rings. The Morgan fingerprint density at radius 1 is 1.22 bits per heavy atom. The van der Waals surface area contributed by atoms with E-state index in [4.69, 9.17) is 9.72 Å². The summed E-state index contributed by atoms with van der Waals surface area (Å²) in [5.74, 6) is 3.41. The molecular weight excluding hydrogens is 338 g/mol. The predicted octanol–water partition coefficient (Wildman–Crippen LogP) is 3.56.